The SMILES string of the molecule is CCn1ccnc1CC(NN)C1COc2ccccc21. The minimum absolute atomic E-state index is 0.117. The highest BCUT2D eigenvalue weighted by atomic mass is 16.5. The van der Waals surface area contributed by atoms with Gasteiger partial charge in [0.2, 0.25) is 0 Å². The fraction of sp³-hybridized carbons (Fsp3) is 0.400. The normalized spacial score (nSPS) is 18.6. The van der Waals surface area contributed by atoms with Crippen molar-refractivity contribution in [1.82, 2.24) is 15.0 Å². The fourth-order valence-corrected chi connectivity index (χ4v) is 2.85. The summed E-state index contributed by atoms with van der Waals surface area (Å²) in [5.74, 6) is 8.06. The van der Waals surface area contributed by atoms with Crippen molar-refractivity contribution in [1.29, 1.82) is 0 Å². The zero-order chi connectivity index (χ0) is 13.9. The van der Waals surface area contributed by atoms with Crippen LogP contribution in [0.15, 0.2) is 36.7 Å². The molecule has 3 N–H and O–H groups in total. The molecule has 0 bridgehead atoms. The van der Waals surface area contributed by atoms with E-state index in [0.29, 0.717) is 6.61 Å². The number of ether oxygens (including phenoxy) is 1. The molecule has 2 aromatic rings. The van der Waals surface area contributed by atoms with Crippen LogP contribution < -0.4 is 16.0 Å². The first-order valence-electron chi connectivity index (χ1n) is 7.01. The third kappa shape index (κ3) is 2.30. The lowest BCUT2D eigenvalue weighted by Gasteiger charge is -2.22. The first kappa shape index (κ1) is 13.1. The number of para-hydroxylation sites is 1. The van der Waals surface area contributed by atoms with Crippen LogP contribution >= 0.6 is 0 Å². The van der Waals surface area contributed by atoms with Gasteiger partial charge in [0.1, 0.15) is 11.6 Å². The lowest BCUT2D eigenvalue weighted by molar-refractivity contribution is 0.295. The van der Waals surface area contributed by atoms with E-state index in [9.17, 15) is 0 Å². The fourth-order valence-electron chi connectivity index (χ4n) is 2.85. The van der Waals surface area contributed by atoms with E-state index in [2.05, 4.69) is 28.0 Å². The van der Waals surface area contributed by atoms with Crippen molar-refractivity contribution in [2.75, 3.05) is 6.61 Å². The van der Waals surface area contributed by atoms with Crippen molar-refractivity contribution in [2.24, 2.45) is 5.84 Å². The van der Waals surface area contributed by atoms with Crippen molar-refractivity contribution in [3.63, 3.8) is 0 Å². The lowest BCUT2D eigenvalue weighted by Crippen LogP contribution is -2.42. The molecule has 2 heterocycles. The monoisotopic (exact) mass is 272 g/mol. The number of aryl methyl sites for hydroxylation is 1. The lowest BCUT2D eigenvalue weighted by atomic mass is 9.91. The van der Waals surface area contributed by atoms with E-state index in [-0.39, 0.29) is 12.0 Å². The molecule has 0 spiro atoms. The summed E-state index contributed by atoms with van der Waals surface area (Å²) in [4.78, 5) is 4.43. The van der Waals surface area contributed by atoms with Gasteiger partial charge in [-0.15, -0.1) is 0 Å². The third-order valence-corrected chi connectivity index (χ3v) is 3.98. The van der Waals surface area contributed by atoms with Crippen molar-refractivity contribution in [3.8, 4) is 5.75 Å². The van der Waals surface area contributed by atoms with Crippen LogP contribution in [0.2, 0.25) is 0 Å². The number of hydrogen-bond acceptors (Lipinski definition) is 4. The second kappa shape index (κ2) is 5.64. The molecule has 2 unspecified atom stereocenters. The van der Waals surface area contributed by atoms with Crippen LogP contribution in [0, 0.1) is 0 Å². The molecule has 0 saturated heterocycles. The Kier molecular flexibility index (Phi) is 3.71. The Morgan fingerprint density at radius 3 is 3.15 bits per heavy atom. The van der Waals surface area contributed by atoms with E-state index in [1.54, 1.807) is 0 Å². The van der Waals surface area contributed by atoms with Gasteiger partial charge >= 0.3 is 0 Å². The minimum Gasteiger partial charge on any atom is -0.493 e. The molecular weight excluding hydrogens is 252 g/mol. The number of benzene rings is 1. The average molecular weight is 272 g/mol. The Balaban J connectivity index is 1.81. The highest BCUT2D eigenvalue weighted by Crippen LogP contribution is 2.36. The van der Waals surface area contributed by atoms with Gasteiger partial charge in [-0.3, -0.25) is 11.3 Å². The van der Waals surface area contributed by atoms with E-state index >= 15 is 0 Å². The topological polar surface area (TPSA) is 65.1 Å². The van der Waals surface area contributed by atoms with Crippen molar-refractivity contribution >= 4 is 0 Å². The van der Waals surface area contributed by atoms with Crippen molar-refractivity contribution in [3.05, 3.63) is 48.0 Å². The van der Waals surface area contributed by atoms with Gasteiger partial charge in [0.25, 0.3) is 0 Å². The standard InChI is InChI=1S/C15H20N4O/c1-2-19-8-7-17-15(19)9-13(18-16)12-10-20-14-6-4-3-5-11(12)14/h3-8,12-13,18H,2,9-10,16H2,1H3. The first-order valence-corrected chi connectivity index (χ1v) is 7.01. The van der Waals surface area contributed by atoms with Gasteiger partial charge in [0, 0.05) is 42.9 Å². The smallest absolute Gasteiger partial charge is 0.122 e. The molecule has 0 fully saturated rings. The van der Waals surface area contributed by atoms with E-state index in [1.807, 2.05) is 30.6 Å². The van der Waals surface area contributed by atoms with Gasteiger partial charge in [-0.1, -0.05) is 18.2 Å². The van der Waals surface area contributed by atoms with E-state index in [0.717, 1.165) is 24.5 Å². The summed E-state index contributed by atoms with van der Waals surface area (Å²) < 4.78 is 7.89. The predicted octanol–water partition coefficient (Wildman–Crippen LogP) is 1.45. The van der Waals surface area contributed by atoms with Crippen LogP contribution in [0.5, 0.6) is 5.75 Å². The number of aromatic nitrogens is 2. The molecule has 0 amide bonds. The molecule has 2 atom stereocenters. The largest absolute Gasteiger partial charge is 0.493 e. The predicted molar refractivity (Wildman–Crippen MR) is 77.4 cm³/mol. The van der Waals surface area contributed by atoms with Gasteiger partial charge in [-0.25, -0.2) is 4.98 Å². The van der Waals surface area contributed by atoms with E-state index in [1.165, 1.54) is 5.56 Å². The van der Waals surface area contributed by atoms with Gasteiger partial charge in [0.05, 0.1) is 6.61 Å². The second-order valence-corrected chi connectivity index (χ2v) is 5.06. The summed E-state index contributed by atoms with van der Waals surface area (Å²) in [6.45, 7) is 3.70. The second-order valence-electron chi connectivity index (χ2n) is 5.06. The Morgan fingerprint density at radius 2 is 2.35 bits per heavy atom. The number of rotatable bonds is 5. The molecule has 106 valence electrons. The summed E-state index contributed by atoms with van der Waals surface area (Å²) >= 11 is 0. The molecule has 20 heavy (non-hydrogen) atoms. The Morgan fingerprint density at radius 1 is 1.50 bits per heavy atom. The van der Waals surface area contributed by atoms with Crippen molar-refractivity contribution < 1.29 is 4.74 Å². The molecular formula is C15H20N4O. The zero-order valence-corrected chi connectivity index (χ0v) is 11.6. The third-order valence-electron chi connectivity index (χ3n) is 3.98. The van der Waals surface area contributed by atoms with Crippen LogP contribution in [-0.2, 0) is 13.0 Å². The number of imidazole rings is 1. The Hall–Kier alpha value is -1.85. The van der Waals surface area contributed by atoms with Crippen molar-refractivity contribution in [2.45, 2.75) is 31.8 Å². The molecule has 1 aliphatic heterocycles. The Labute approximate surface area is 118 Å². The molecule has 1 aliphatic rings. The molecule has 0 saturated carbocycles. The number of hydrogen-bond donors (Lipinski definition) is 2. The molecule has 5 nitrogen and oxygen atoms in total. The van der Waals surface area contributed by atoms with Gasteiger partial charge in [-0.2, -0.15) is 0 Å². The molecule has 5 heteroatoms. The summed E-state index contributed by atoms with van der Waals surface area (Å²) in [6, 6.07) is 8.28. The summed E-state index contributed by atoms with van der Waals surface area (Å²) in [5.41, 5.74) is 4.17. The Bertz CT molecular complexity index is 581. The molecule has 1 aromatic heterocycles. The number of hydrazine groups is 1. The van der Waals surface area contributed by atoms with E-state index in [4.69, 9.17) is 10.6 Å². The maximum atomic E-state index is 5.78. The molecule has 0 aliphatic carbocycles. The first-order chi connectivity index (χ1) is 9.83. The quantitative estimate of drug-likeness (QED) is 0.639. The summed E-state index contributed by atoms with van der Waals surface area (Å²) in [7, 11) is 0. The number of fused-ring (bicyclic) bond motifs is 1. The highest BCUT2D eigenvalue weighted by Gasteiger charge is 2.31. The van der Waals surface area contributed by atoms with Gasteiger partial charge < -0.3 is 9.30 Å². The minimum atomic E-state index is 0.117. The van der Waals surface area contributed by atoms with Crippen LogP contribution in [-0.4, -0.2) is 22.2 Å². The van der Waals surface area contributed by atoms with E-state index < -0.39 is 0 Å². The summed E-state index contributed by atoms with van der Waals surface area (Å²) in [5, 5.41) is 0. The number of nitrogens with zero attached hydrogens (tertiary/aromatic N) is 2. The van der Waals surface area contributed by atoms with Crippen LogP contribution in [0.4, 0.5) is 0 Å². The maximum Gasteiger partial charge on any atom is 0.122 e. The van der Waals surface area contributed by atoms with Crippen LogP contribution in [0.3, 0.4) is 0 Å². The van der Waals surface area contributed by atoms with Crippen LogP contribution in [0.1, 0.15) is 24.2 Å². The van der Waals surface area contributed by atoms with Gasteiger partial charge in [-0.05, 0) is 13.0 Å². The van der Waals surface area contributed by atoms with Gasteiger partial charge in [0.15, 0.2) is 0 Å². The van der Waals surface area contributed by atoms with Crippen LogP contribution in [0.25, 0.3) is 0 Å². The average Bonchev–Trinajstić information content (AvgIpc) is 3.11. The zero-order valence-electron chi connectivity index (χ0n) is 11.6. The number of nitrogens with one attached hydrogen (secondary N) is 1. The molecule has 0 radical (unpaired) electrons. The molecule has 1 aromatic carbocycles. The maximum absolute atomic E-state index is 5.78. The highest BCUT2D eigenvalue weighted by molar-refractivity contribution is 5.40. The summed E-state index contributed by atoms with van der Waals surface area (Å²) in [6.07, 6.45) is 4.63. The number of nitrogens with two attached hydrogens (primary N) is 1. The molecule has 3 rings (SSSR count).